The zero-order chi connectivity index (χ0) is 47.9. The van der Waals surface area contributed by atoms with Crippen LogP contribution in [0.15, 0.2) is 24.3 Å². The van der Waals surface area contributed by atoms with Gasteiger partial charge < -0.3 is 20.3 Å². The molecular formula is C60H115NO5. The number of unbranched alkanes of at least 4 members (excludes halogenated alkanes) is 40. The standard InChI is InChI=1S/C60H115NO5/c1-3-5-7-9-11-13-15-17-19-20-21-22-23-24-25-26-27-28-30-31-33-36-40-44-48-52-58(63)57(56-62)61-59(64)53-49-45-41-37-35-39-43-47-51-55-66-60(65)54-50-46-42-38-34-32-29-18-16-14-12-10-8-6-4-2/h12,14,18,29,57-58,62-63H,3-11,13,15-17,19-28,30-56H2,1-2H3,(H,61,64)/b14-12-,29-18-. The highest BCUT2D eigenvalue weighted by Crippen LogP contribution is 2.18. The van der Waals surface area contributed by atoms with Gasteiger partial charge in [-0.05, 0) is 57.8 Å². The maximum absolute atomic E-state index is 12.5. The van der Waals surface area contributed by atoms with Crippen molar-refractivity contribution in [2.75, 3.05) is 13.2 Å². The molecule has 0 fully saturated rings. The first-order valence-corrected chi connectivity index (χ1v) is 29.6. The van der Waals surface area contributed by atoms with Crippen molar-refractivity contribution in [1.82, 2.24) is 5.32 Å². The largest absolute Gasteiger partial charge is 0.466 e. The second kappa shape index (κ2) is 55.9. The van der Waals surface area contributed by atoms with E-state index in [1.54, 1.807) is 0 Å². The fraction of sp³-hybridized carbons (Fsp3) is 0.900. The second-order valence-electron chi connectivity index (χ2n) is 20.3. The zero-order valence-corrected chi connectivity index (χ0v) is 44.4. The minimum Gasteiger partial charge on any atom is -0.466 e. The number of rotatable bonds is 55. The predicted octanol–water partition coefficient (Wildman–Crippen LogP) is 18.2. The molecule has 390 valence electrons. The highest BCUT2D eigenvalue weighted by atomic mass is 16.5. The number of nitrogens with one attached hydrogen (secondary N) is 1. The van der Waals surface area contributed by atoms with Gasteiger partial charge in [-0.25, -0.2) is 0 Å². The molecule has 0 saturated heterocycles. The van der Waals surface area contributed by atoms with E-state index in [0.29, 0.717) is 25.9 Å². The lowest BCUT2D eigenvalue weighted by Crippen LogP contribution is -2.45. The van der Waals surface area contributed by atoms with E-state index in [2.05, 4.69) is 43.5 Å². The lowest BCUT2D eigenvalue weighted by atomic mass is 10.0. The fourth-order valence-electron chi connectivity index (χ4n) is 9.20. The number of ether oxygens (including phenoxy) is 1. The SMILES string of the molecule is CCCCC/C=C\C/C=C\CCCCCCCC(=O)OCCCCCCCCCCCC(=O)NC(CO)C(O)CCCCCCCCCCCCCCCCCCCCCCCCCCC. The van der Waals surface area contributed by atoms with Crippen LogP contribution in [-0.4, -0.2) is 47.4 Å². The van der Waals surface area contributed by atoms with Crippen LogP contribution >= 0.6 is 0 Å². The molecule has 0 saturated carbocycles. The summed E-state index contributed by atoms with van der Waals surface area (Å²) in [7, 11) is 0. The Hall–Kier alpha value is -1.66. The van der Waals surface area contributed by atoms with Crippen LogP contribution in [0.2, 0.25) is 0 Å². The number of hydrogen-bond donors (Lipinski definition) is 3. The second-order valence-corrected chi connectivity index (χ2v) is 20.3. The van der Waals surface area contributed by atoms with Crippen LogP contribution in [0.4, 0.5) is 0 Å². The van der Waals surface area contributed by atoms with E-state index in [-0.39, 0.29) is 18.5 Å². The summed E-state index contributed by atoms with van der Waals surface area (Å²) in [5.41, 5.74) is 0. The third-order valence-electron chi connectivity index (χ3n) is 13.8. The molecule has 0 aromatic heterocycles. The van der Waals surface area contributed by atoms with Crippen LogP contribution in [0.25, 0.3) is 0 Å². The molecule has 6 nitrogen and oxygen atoms in total. The first-order chi connectivity index (χ1) is 32.5. The van der Waals surface area contributed by atoms with Crippen molar-refractivity contribution in [2.24, 2.45) is 0 Å². The Labute approximate surface area is 411 Å². The molecule has 6 heteroatoms. The maximum atomic E-state index is 12.5. The van der Waals surface area contributed by atoms with Gasteiger partial charge in [0, 0.05) is 12.8 Å². The van der Waals surface area contributed by atoms with Gasteiger partial charge in [0.2, 0.25) is 5.91 Å². The van der Waals surface area contributed by atoms with Crippen molar-refractivity contribution in [1.29, 1.82) is 0 Å². The normalized spacial score (nSPS) is 12.7. The third kappa shape index (κ3) is 51.7. The number of amides is 1. The van der Waals surface area contributed by atoms with Gasteiger partial charge in [-0.2, -0.15) is 0 Å². The summed E-state index contributed by atoms with van der Waals surface area (Å²) >= 11 is 0. The highest BCUT2D eigenvalue weighted by molar-refractivity contribution is 5.76. The zero-order valence-electron chi connectivity index (χ0n) is 44.4. The molecule has 0 radical (unpaired) electrons. The number of hydrogen-bond acceptors (Lipinski definition) is 5. The predicted molar refractivity (Wildman–Crippen MR) is 287 cm³/mol. The van der Waals surface area contributed by atoms with Crippen LogP contribution in [0.1, 0.15) is 322 Å². The van der Waals surface area contributed by atoms with E-state index in [1.165, 1.54) is 218 Å². The lowest BCUT2D eigenvalue weighted by molar-refractivity contribution is -0.143. The lowest BCUT2D eigenvalue weighted by Gasteiger charge is -2.22. The molecule has 0 rings (SSSR count). The number of carbonyl (C=O) groups excluding carboxylic acids is 2. The summed E-state index contributed by atoms with van der Waals surface area (Å²) in [6, 6.07) is -0.564. The van der Waals surface area contributed by atoms with E-state index in [9.17, 15) is 19.8 Å². The summed E-state index contributed by atoms with van der Waals surface area (Å²) in [5, 5.41) is 23.3. The first-order valence-electron chi connectivity index (χ1n) is 29.6. The minimum atomic E-state index is -0.684. The number of allylic oxidation sites excluding steroid dienone is 4. The topological polar surface area (TPSA) is 95.9 Å². The Balaban J connectivity index is 3.47. The molecule has 0 aromatic rings. The van der Waals surface area contributed by atoms with E-state index in [0.717, 1.165) is 70.6 Å². The van der Waals surface area contributed by atoms with Crippen molar-refractivity contribution < 1.29 is 24.5 Å². The Morgan fingerprint density at radius 2 is 0.758 bits per heavy atom. The smallest absolute Gasteiger partial charge is 0.305 e. The molecule has 1 amide bonds. The number of aliphatic hydroxyl groups is 2. The van der Waals surface area contributed by atoms with Gasteiger partial charge in [0.25, 0.3) is 0 Å². The van der Waals surface area contributed by atoms with Crippen molar-refractivity contribution in [3.05, 3.63) is 24.3 Å². The van der Waals surface area contributed by atoms with Crippen molar-refractivity contribution >= 4 is 11.9 Å². The molecule has 0 aliphatic rings. The molecule has 3 N–H and O–H groups in total. The van der Waals surface area contributed by atoms with Crippen LogP contribution in [-0.2, 0) is 14.3 Å². The molecular weight excluding hydrogens is 815 g/mol. The number of aliphatic hydroxyl groups excluding tert-OH is 2. The van der Waals surface area contributed by atoms with Crippen LogP contribution < -0.4 is 5.32 Å². The molecule has 2 unspecified atom stereocenters. The van der Waals surface area contributed by atoms with Gasteiger partial charge in [-0.1, -0.05) is 276 Å². The van der Waals surface area contributed by atoms with Crippen molar-refractivity contribution in [3.8, 4) is 0 Å². The van der Waals surface area contributed by atoms with Crippen molar-refractivity contribution in [2.45, 2.75) is 334 Å². The number of esters is 1. The van der Waals surface area contributed by atoms with Gasteiger partial charge in [0.15, 0.2) is 0 Å². The summed E-state index contributed by atoms with van der Waals surface area (Å²) < 4.78 is 5.45. The Kier molecular flexibility index (Phi) is 54.5. The summed E-state index contributed by atoms with van der Waals surface area (Å²) in [6.45, 7) is 4.88. The van der Waals surface area contributed by atoms with E-state index in [1.807, 2.05) is 0 Å². The Bertz CT molecular complexity index is 1030. The summed E-state index contributed by atoms with van der Waals surface area (Å²) in [5.74, 6) is -0.0983. The molecule has 0 heterocycles. The Morgan fingerprint density at radius 3 is 1.18 bits per heavy atom. The molecule has 0 spiro atoms. The van der Waals surface area contributed by atoms with Gasteiger partial charge >= 0.3 is 5.97 Å². The minimum absolute atomic E-state index is 0.0378. The van der Waals surface area contributed by atoms with E-state index in [4.69, 9.17) is 4.74 Å². The first kappa shape index (κ1) is 64.3. The van der Waals surface area contributed by atoms with Crippen LogP contribution in [0.3, 0.4) is 0 Å². The van der Waals surface area contributed by atoms with Crippen LogP contribution in [0.5, 0.6) is 0 Å². The third-order valence-corrected chi connectivity index (χ3v) is 13.8. The van der Waals surface area contributed by atoms with Crippen molar-refractivity contribution in [3.63, 3.8) is 0 Å². The Morgan fingerprint density at radius 1 is 0.424 bits per heavy atom. The van der Waals surface area contributed by atoms with E-state index >= 15 is 0 Å². The average molecular weight is 931 g/mol. The van der Waals surface area contributed by atoms with Gasteiger partial charge in [0.05, 0.1) is 25.4 Å². The molecule has 0 bridgehead atoms. The summed E-state index contributed by atoms with van der Waals surface area (Å²) in [4.78, 5) is 24.6. The molecule has 0 aliphatic heterocycles. The molecule has 66 heavy (non-hydrogen) atoms. The van der Waals surface area contributed by atoms with Crippen LogP contribution in [0, 0.1) is 0 Å². The average Bonchev–Trinajstić information content (AvgIpc) is 3.32. The quantitative estimate of drug-likeness (QED) is 0.0321. The maximum Gasteiger partial charge on any atom is 0.305 e. The molecule has 2 atom stereocenters. The molecule has 0 aliphatic carbocycles. The summed E-state index contributed by atoms with van der Waals surface area (Å²) in [6.07, 6.45) is 67.4. The number of carbonyl (C=O) groups is 2. The van der Waals surface area contributed by atoms with Gasteiger partial charge in [0.1, 0.15) is 0 Å². The monoisotopic (exact) mass is 930 g/mol. The van der Waals surface area contributed by atoms with Gasteiger partial charge in [-0.15, -0.1) is 0 Å². The fourth-order valence-corrected chi connectivity index (χ4v) is 9.20. The molecule has 0 aromatic carbocycles. The highest BCUT2D eigenvalue weighted by Gasteiger charge is 2.20. The van der Waals surface area contributed by atoms with Gasteiger partial charge in [-0.3, -0.25) is 9.59 Å². The van der Waals surface area contributed by atoms with E-state index < -0.39 is 12.1 Å².